The van der Waals surface area contributed by atoms with Gasteiger partial charge in [0.05, 0.1) is 0 Å². The van der Waals surface area contributed by atoms with Gasteiger partial charge in [-0.1, -0.05) is 0 Å². The molecule has 0 saturated carbocycles. The van der Waals surface area contributed by atoms with Gasteiger partial charge in [0.2, 0.25) is 0 Å². The minimum Gasteiger partial charge on any atom is -0.346 e. The molecule has 3 rings (SSSR count). The summed E-state index contributed by atoms with van der Waals surface area (Å²) in [6.07, 6.45) is 7.46. The van der Waals surface area contributed by atoms with Crippen LogP contribution < -0.4 is 0 Å². The zero-order chi connectivity index (χ0) is 13.1. The van der Waals surface area contributed by atoms with Crippen LogP contribution in [0.5, 0.6) is 0 Å². The normalized spacial score (nSPS) is 11.3. The van der Waals surface area contributed by atoms with Gasteiger partial charge in [-0.2, -0.15) is 0 Å². The smallest absolute Gasteiger partial charge is 0.137 e. The molecule has 96 valence electrons. The van der Waals surface area contributed by atoms with Gasteiger partial charge in [-0.25, -0.2) is 4.98 Å². The maximum Gasteiger partial charge on any atom is 0.137 e. The number of pyridine rings is 2. The predicted molar refractivity (Wildman–Crippen MR) is 75.5 cm³/mol. The third-order valence-corrected chi connectivity index (χ3v) is 3.19. The lowest BCUT2D eigenvalue weighted by Gasteiger charge is -2.17. The number of hydrogen-bond acceptors (Lipinski definition) is 3. The van der Waals surface area contributed by atoms with E-state index in [1.165, 1.54) is 16.5 Å². The molecule has 0 aliphatic carbocycles. The third kappa shape index (κ3) is 2.63. The van der Waals surface area contributed by atoms with Crippen LogP contribution in [0.1, 0.15) is 11.1 Å². The number of H-pyrrole nitrogens is 1. The summed E-state index contributed by atoms with van der Waals surface area (Å²) in [7, 11) is 2.12. The Labute approximate surface area is 112 Å². The molecule has 0 amide bonds. The highest BCUT2D eigenvalue weighted by molar-refractivity contribution is 5.79. The number of fused-ring (bicyclic) bond motifs is 1. The maximum absolute atomic E-state index is 4.31. The molecule has 0 saturated heterocycles. The highest BCUT2D eigenvalue weighted by atomic mass is 15.1. The van der Waals surface area contributed by atoms with Crippen LogP contribution in [0, 0.1) is 0 Å². The first-order chi connectivity index (χ1) is 9.33. The van der Waals surface area contributed by atoms with Gasteiger partial charge < -0.3 is 4.98 Å². The van der Waals surface area contributed by atoms with Crippen molar-refractivity contribution in [1.29, 1.82) is 0 Å². The average Bonchev–Trinajstić information content (AvgIpc) is 2.89. The number of aromatic nitrogens is 3. The van der Waals surface area contributed by atoms with Crippen molar-refractivity contribution < 1.29 is 0 Å². The molecule has 3 aromatic rings. The highest BCUT2D eigenvalue weighted by Crippen LogP contribution is 2.17. The second-order valence-electron chi connectivity index (χ2n) is 4.74. The van der Waals surface area contributed by atoms with Crippen LogP contribution in [-0.4, -0.2) is 26.9 Å². The summed E-state index contributed by atoms with van der Waals surface area (Å²) < 4.78 is 0. The summed E-state index contributed by atoms with van der Waals surface area (Å²) in [5.74, 6) is 0. The van der Waals surface area contributed by atoms with Crippen LogP contribution in [0.2, 0.25) is 0 Å². The summed E-state index contributed by atoms with van der Waals surface area (Å²) in [6.45, 7) is 1.82. The third-order valence-electron chi connectivity index (χ3n) is 3.19. The monoisotopic (exact) mass is 252 g/mol. The van der Waals surface area contributed by atoms with E-state index < -0.39 is 0 Å². The Hall–Kier alpha value is -2.20. The van der Waals surface area contributed by atoms with Crippen molar-refractivity contribution in [3.8, 4) is 0 Å². The van der Waals surface area contributed by atoms with Crippen LogP contribution >= 0.6 is 0 Å². The molecule has 3 aromatic heterocycles. The number of rotatable bonds is 4. The van der Waals surface area contributed by atoms with E-state index in [0.29, 0.717) is 0 Å². The summed E-state index contributed by atoms with van der Waals surface area (Å²) in [5, 5.41) is 1.20. The molecule has 0 aromatic carbocycles. The molecule has 0 radical (unpaired) electrons. The Kier molecular flexibility index (Phi) is 3.25. The summed E-state index contributed by atoms with van der Waals surface area (Å²) in [4.78, 5) is 13.8. The van der Waals surface area contributed by atoms with Gasteiger partial charge in [0.15, 0.2) is 0 Å². The molecule has 1 N–H and O–H groups in total. The van der Waals surface area contributed by atoms with Crippen LogP contribution in [0.3, 0.4) is 0 Å². The van der Waals surface area contributed by atoms with Crippen LogP contribution in [0.4, 0.5) is 0 Å². The number of aromatic amines is 1. The SMILES string of the molecule is CN(Cc1ccncc1)Cc1ccnc2[nH]ccc12. The predicted octanol–water partition coefficient (Wildman–Crippen LogP) is 2.59. The van der Waals surface area contributed by atoms with E-state index in [2.05, 4.69) is 51.2 Å². The molecule has 0 unspecified atom stereocenters. The molecule has 3 heterocycles. The molecular weight excluding hydrogens is 236 g/mol. The molecule has 4 nitrogen and oxygen atoms in total. The van der Waals surface area contributed by atoms with Gasteiger partial charge in [-0.15, -0.1) is 0 Å². The fourth-order valence-corrected chi connectivity index (χ4v) is 2.30. The Morgan fingerprint density at radius 3 is 2.74 bits per heavy atom. The van der Waals surface area contributed by atoms with Crippen LogP contribution in [0.25, 0.3) is 11.0 Å². The van der Waals surface area contributed by atoms with Crippen molar-refractivity contribution in [3.63, 3.8) is 0 Å². The van der Waals surface area contributed by atoms with Crippen LogP contribution in [0.15, 0.2) is 49.1 Å². The summed E-state index contributed by atoms with van der Waals surface area (Å²) in [5.41, 5.74) is 3.52. The van der Waals surface area contributed by atoms with E-state index in [-0.39, 0.29) is 0 Å². The number of nitrogens with zero attached hydrogens (tertiary/aromatic N) is 3. The van der Waals surface area contributed by atoms with Crippen LogP contribution in [-0.2, 0) is 13.1 Å². The lowest BCUT2D eigenvalue weighted by molar-refractivity contribution is 0.320. The Morgan fingerprint density at radius 2 is 1.89 bits per heavy atom. The number of hydrogen-bond donors (Lipinski definition) is 1. The Morgan fingerprint density at radius 1 is 1.05 bits per heavy atom. The second kappa shape index (κ2) is 5.20. The Bertz CT molecular complexity index is 660. The van der Waals surface area contributed by atoms with E-state index in [4.69, 9.17) is 0 Å². The molecule has 0 bridgehead atoms. The van der Waals surface area contributed by atoms with Gasteiger partial charge in [0, 0.05) is 43.3 Å². The minimum absolute atomic E-state index is 0.902. The highest BCUT2D eigenvalue weighted by Gasteiger charge is 2.06. The average molecular weight is 252 g/mol. The molecule has 0 spiro atoms. The first-order valence-electron chi connectivity index (χ1n) is 6.31. The molecular formula is C15H16N4. The molecule has 4 heteroatoms. The lowest BCUT2D eigenvalue weighted by Crippen LogP contribution is -2.17. The van der Waals surface area contributed by atoms with Crippen molar-refractivity contribution >= 4 is 11.0 Å². The minimum atomic E-state index is 0.902. The van der Waals surface area contributed by atoms with E-state index in [9.17, 15) is 0 Å². The van der Waals surface area contributed by atoms with Gasteiger partial charge in [0.1, 0.15) is 5.65 Å². The van der Waals surface area contributed by atoms with Crippen molar-refractivity contribution in [1.82, 2.24) is 19.9 Å². The molecule has 0 aliphatic heterocycles. The van der Waals surface area contributed by atoms with E-state index in [1.54, 1.807) is 0 Å². The first kappa shape index (κ1) is 11.9. The van der Waals surface area contributed by atoms with E-state index in [0.717, 1.165) is 18.7 Å². The standard InChI is InChI=1S/C15H16N4/c1-19(10-12-2-6-16-7-3-12)11-13-4-8-17-15-14(13)5-9-18-15/h2-9H,10-11H2,1H3,(H,17,18). The number of nitrogens with one attached hydrogen (secondary N) is 1. The van der Waals surface area contributed by atoms with Crippen molar-refractivity contribution in [2.24, 2.45) is 0 Å². The van der Waals surface area contributed by atoms with Crippen molar-refractivity contribution in [2.75, 3.05) is 7.05 Å². The van der Waals surface area contributed by atoms with Gasteiger partial charge >= 0.3 is 0 Å². The van der Waals surface area contributed by atoms with E-state index >= 15 is 0 Å². The van der Waals surface area contributed by atoms with Crippen molar-refractivity contribution in [2.45, 2.75) is 13.1 Å². The van der Waals surface area contributed by atoms with Gasteiger partial charge in [-0.05, 0) is 42.4 Å². The molecule has 19 heavy (non-hydrogen) atoms. The summed E-state index contributed by atoms with van der Waals surface area (Å²) in [6, 6.07) is 8.26. The maximum atomic E-state index is 4.31. The first-order valence-corrected chi connectivity index (χ1v) is 6.31. The lowest BCUT2D eigenvalue weighted by atomic mass is 10.1. The van der Waals surface area contributed by atoms with E-state index in [1.807, 2.05) is 24.8 Å². The fraction of sp³-hybridized carbons (Fsp3) is 0.200. The van der Waals surface area contributed by atoms with Gasteiger partial charge in [0.25, 0.3) is 0 Å². The zero-order valence-electron chi connectivity index (χ0n) is 10.9. The zero-order valence-corrected chi connectivity index (χ0v) is 10.9. The molecule has 0 fully saturated rings. The van der Waals surface area contributed by atoms with Crippen molar-refractivity contribution in [3.05, 3.63) is 60.2 Å². The van der Waals surface area contributed by atoms with Gasteiger partial charge in [-0.3, -0.25) is 9.88 Å². The fourth-order valence-electron chi connectivity index (χ4n) is 2.30. The second-order valence-corrected chi connectivity index (χ2v) is 4.74. The Balaban J connectivity index is 1.76. The quantitative estimate of drug-likeness (QED) is 0.776. The molecule has 0 atom stereocenters. The summed E-state index contributed by atoms with van der Waals surface area (Å²) >= 11 is 0. The largest absolute Gasteiger partial charge is 0.346 e. The molecule has 0 aliphatic rings. The topological polar surface area (TPSA) is 44.8 Å².